The van der Waals surface area contributed by atoms with E-state index in [1.807, 2.05) is 52.0 Å². The number of carbonyl (C=O) groups excluding carboxylic acids is 2. The Morgan fingerprint density at radius 3 is 2.48 bits per heavy atom. The Morgan fingerprint density at radius 2 is 1.91 bits per heavy atom. The number of nitrogens with one attached hydrogen (secondary N) is 1. The number of hydrogen-bond acceptors (Lipinski definition) is 3. The van der Waals surface area contributed by atoms with Crippen LogP contribution in [0.2, 0.25) is 5.02 Å². The van der Waals surface area contributed by atoms with Crippen LogP contribution in [0.25, 0.3) is 0 Å². The van der Waals surface area contributed by atoms with E-state index < -0.39 is 6.04 Å². The van der Waals surface area contributed by atoms with Crippen molar-refractivity contribution in [3.05, 3.63) is 34.9 Å². The topological polar surface area (TPSA) is 49.4 Å². The van der Waals surface area contributed by atoms with Gasteiger partial charge in [0.2, 0.25) is 11.8 Å². The standard InChI is InChI=1S/C17H23ClN2O2S/c1-10(2)16(22)20-14(15(21)19-11(3)4)9-23-17(20)12-7-5-6-8-13(12)18/h5-8,10-11,14,17H,9H2,1-4H3,(H,19,21). The predicted molar refractivity (Wildman–Crippen MR) is 95.4 cm³/mol. The van der Waals surface area contributed by atoms with Gasteiger partial charge in [0.15, 0.2) is 0 Å². The second kappa shape index (κ2) is 7.58. The summed E-state index contributed by atoms with van der Waals surface area (Å²) < 4.78 is 0. The van der Waals surface area contributed by atoms with Crippen molar-refractivity contribution in [1.82, 2.24) is 10.2 Å². The fourth-order valence-electron chi connectivity index (χ4n) is 2.57. The highest BCUT2D eigenvalue weighted by molar-refractivity contribution is 7.99. The van der Waals surface area contributed by atoms with E-state index in [-0.39, 0.29) is 29.1 Å². The van der Waals surface area contributed by atoms with Crippen molar-refractivity contribution < 1.29 is 9.59 Å². The molecule has 1 aromatic carbocycles. The fourth-order valence-corrected chi connectivity index (χ4v) is 4.35. The first kappa shape index (κ1) is 18.1. The summed E-state index contributed by atoms with van der Waals surface area (Å²) >= 11 is 7.90. The third-order valence-electron chi connectivity index (χ3n) is 3.65. The smallest absolute Gasteiger partial charge is 0.243 e. The van der Waals surface area contributed by atoms with Gasteiger partial charge in [-0.25, -0.2) is 0 Å². The van der Waals surface area contributed by atoms with Gasteiger partial charge in [-0.15, -0.1) is 11.8 Å². The van der Waals surface area contributed by atoms with E-state index in [9.17, 15) is 9.59 Å². The lowest BCUT2D eigenvalue weighted by Gasteiger charge is -2.31. The number of carbonyl (C=O) groups is 2. The summed E-state index contributed by atoms with van der Waals surface area (Å²) in [6, 6.07) is 7.09. The molecular weight excluding hydrogens is 332 g/mol. The number of rotatable bonds is 4. The van der Waals surface area contributed by atoms with Gasteiger partial charge in [-0.3, -0.25) is 9.59 Å². The van der Waals surface area contributed by atoms with Crippen LogP contribution in [0.1, 0.15) is 38.6 Å². The Hall–Kier alpha value is -1.20. The van der Waals surface area contributed by atoms with Gasteiger partial charge in [0, 0.05) is 28.3 Å². The van der Waals surface area contributed by atoms with Crippen LogP contribution >= 0.6 is 23.4 Å². The van der Waals surface area contributed by atoms with E-state index in [1.165, 1.54) is 0 Å². The van der Waals surface area contributed by atoms with Gasteiger partial charge in [0.25, 0.3) is 0 Å². The summed E-state index contributed by atoms with van der Waals surface area (Å²) in [6.07, 6.45) is 0. The van der Waals surface area contributed by atoms with Gasteiger partial charge < -0.3 is 10.2 Å². The van der Waals surface area contributed by atoms with Gasteiger partial charge in [-0.2, -0.15) is 0 Å². The van der Waals surface area contributed by atoms with Gasteiger partial charge in [0.1, 0.15) is 11.4 Å². The second-order valence-corrected chi connectivity index (χ2v) is 7.81. The van der Waals surface area contributed by atoms with Crippen LogP contribution in [0, 0.1) is 5.92 Å². The van der Waals surface area contributed by atoms with Crippen molar-refractivity contribution in [2.45, 2.75) is 45.2 Å². The molecule has 6 heteroatoms. The minimum atomic E-state index is -0.460. The van der Waals surface area contributed by atoms with Gasteiger partial charge in [0.05, 0.1) is 0 Å². The maximum Gasteiger partial charge on any atom is 0.243 e. The lowest BCUT2D eigenvalue weighted by molar-refractivity contribution is -0.142. The second-order valence-electron chi connectivity index (χ2n) is 6.29. The van der Waals surface area contributed by atoms with Gasteiger partial charge in [-0.1, -0.05) is 43.6 Å². The molecule has 0 saturated carbocycles. The molecule has 2 rings (SSSR count). The zero-order valence-electron chi connectivity index (χ0n) is 13.9. The summed E-state index contributed by atoms with van der Waals surface area (Å²) in [5, 5.41) is 3.32. The molecule has 2 amide bonds. The van der Waals surface area contributed by atoms with Crippen LogP contribution in [-0.4, -0.2) is 34.6 Å². The SMILES string of the molecule is CC(C)NC(=O)C1CSC(c2ccccc2Cl)N1C(=O)C(C)C. The zero-order chi connectivity index (χ0) is 17.1. The average molecular weight is 355 g/mol. The normalized spacial score (nSPS) is 21.1. The van der Waals surface area contributed by atoms with Crippen molar-refractivity contribution in [3.8, 4) is 0 Å². The zero-order valence-corrected chi connectivity index (χ0v) is 15.4. The predicted octanol–water partition coefficient (Wildman–Crippen LogP) is 3.46. The minimum absolute atomic E-state index is 0.0242. The molecule has 0 aliphatic carbocycles. The van der Waals surface area contributed by atoms with E-state index in [1.54, 1.807) is 16.7 Å². The van der Waals surface area contributed by atoms with Crippen LogP contribution in [0.15, 0.2) is 24.3 Å². The van der Waals surface area contributed by atoms with E-state index in [0.29, 0.717) is 10.8 Å². The van der Waals surface area contributed by atoms with Crippen molar-refractivity contribution in [3.63, 3.8) is 0 Å². The monoisotopic (exact) mass is 354 g/mol. The molecular formula is C17H23ClN2O2S. The summed E-state index contributed by atoms with van der Waals surface area (Å²) in [5.74, 6) is 0.278. The Morgan fingerprint density at radius 1 is 1.26 bits per heavy atom. The Kier molecular flexibility index (Phi) is 5.98. The molecule has 0 bridgehead atoms. The van der Waals surface area contributed by atoms with E-state index >= 15 is 0 Å². The Bertz CT molecular complexity index is 592. The molecule has 23 heavy (non-hydrogen) atoms. The molecule has 126 valence electrons. The molecule has 0 spiro atoms. The fraction of sp³-hybridized carbons (Fsp3) is 0.529. The van der Waals surface area contributed by atoms with E-state index in [0.717, 1.165) is 5.56 Å². The summed E-state index contributed by atoms with van der Waals surface area (Å²) in [4.78, 5) is 26.9. The first-order valence-corrected chi connectivity index (χ1v) is 9.24. The molecule has 1 aromatic rings. The van der Waals surface area contributed by atoms with Crippen molar-refractivity contribution in [2.75, 3.05) is 5.75 Å². The molecule has 1 fully saturated rings. The third kappa shape index (κ3) is 4.01. The first-order chi connectivity index (χ1) is 10.8. The van der Waals surface area contributed by atoms with Crippen LogP contribution in [0.3, 0.4) is 0 Å². The summed E-state index contributed by atoms with van der Waals surface area (Å²) in [6.45, 7) is 7.54. The lowest BCUT2D eigenvalue weighted by atomic mass is 10.1. The first-order valence-electron chi connectivity index (χ1n) is 7.81. The quantitative estimate of drug-likeness (QED) is 0.900. The molecule has 1 aliphatic rings. The van der Waals surface area contributed by atoms with Crippen molar-refractivity contribution in [2.24, 2.45) is 5.92 Å². The molecule has 2 atom stereocenters. The van der Waals surface area contributed by atoms with E-state index in [2.05, 4.69) is 5.32 Å². The Labute approximate surface area is 146 Å². The minimum Gasteiger partial charge on any atom is -0.352 e. The summed E-state index contributed by atoms with van der Waals surface area (Å²) in [7, 11) is 0. The van der Waals surface area contributed by atoms with E-state index in [4.69, 9.17) is 11.6 Å². The van der Waals surface area contributed by atoms with Gasteiger partial charge in [-0.05, 0) is 19.9 Å². The maximum atomic E-state index is 12.7. The third-order valence-corrected chi connectivity index (χ3v) is 5.30. The number of hydrogen-bond donors (Lipinski definition) is 1. The van der Waals surface area contributed by atoms with Crippen LogP contribution < -0.4 is 5.32 Å². The average Bonchev–Trinajstić information content (AvgIpc) is 2.90. The maximum absolute atomic E-state index is 12.7. The number of nitrogens with zero attached hydrogens (tertiary/aromatic N) is 1. The number of amides is 2. The van der Waals surface area contributed by atoms with Crippen LogP contribution in [0.5, 0.6) is 0 Å². The molecule has 0 aromatic heterocycles. The van der Waals surface area contributed by atoms with Crippen LogP contribution in [0.4, 0.5) is 0 Å². The molecule has 2 unspecified atom stereocenters. The highest BCUT2D eigenvalue weighted by Crippen LogP contribution is 2.44. The van der Waals surface area contributed by atoms with Crippen molar-refractivity contribution in [1.29, 1.82) is 0 Å². The summed E-state index contributed by atoms with van der Waals surface area (Å²) in [5.41, 5.74) is 0.882. The van der Waals surface area contributed by atoms with Crippen LogP contribution in [-0.2, 0) is 9.59 Å². The largest absolute Gasteiger partial charge is 0.352 e. The lowest BCUT2D eigenvalue weighted by Crippen LogP contribution is -2.50. The molecule has 1 aliphatic heterocycles. The molecule has 1 heterocycles. The number of thioether (sulfide) groups is 1. The highest BCUT2D eigenvalue weighted by atomic mass is 35.5. The highest BCUT2D eigenvalue weighted by Gasteiger charge is 2.43. The Balaban J connectivity index is 2.35. The van der Waals surface area contributed by atoms with Gasteiger partial charge >= 0.3 is 0 Å². The molecule has 1 saturated heterocycles. The molecule has 4 nitrogen and oxygen atoms in total. The van der Waals surface area contributed by atoms with Crippen molar-refractivity contribution >= 4 is 35.2 Å². The molecule has 1 N–H and O–H groups in total. The molecule has 0 radical (unpaired) electrons. The number of halogens is 1. The number of benzene rings is 1.